The Kier molecular flexibility index (Phi) is 3.47. The van der Waals surface area contributed by atoms with Gasteiger partial charge in [0.25, 0.3) is 0 Å². The van der Waals surface area contributed by atoms with Crippen molar-refractivity contribution < 1.29 is 4.79 Å². The van der Waals surface area contributed by atoms with Crippen molar-refractivity contribution in [3.8, 4) is 0 Å². The van der Waals surface area contributed by atoms with E-state index in [0.717, 1.165) is 25.7 Å². The molecule has 1 aliphatic rings. The standard InChI is InChI=1S/C12H18O/c1-9(2)4-6-11-8-12(13)7-5-10(11)3/h8,10H,1,4-7H2,2-3H3. The fourth-order valence-electron chi connectivity index (χ4n) is 1.64. The molecule has 1 rings (SSSR count). The van der Waals surface area contributed by atoms with Crippen molar-refractivity contribution in [3.63, 3.8) is 0 Å². The lowest BCUT2D eigenvalue weighted by Gasteiger charge is -2.19. The molecule has 1 nitrogen and oxygen atoms in total. The van der Waals surface area contributed by atoms with E-state index >= 15 is 0 Å². The lowest BCUT2D eigenvalue weighted by molar-refractivity contribution is -0.115. The summed E-state index contributed by atoms with van der Waals surface area (Å²) in [6.07, 6.45) is 5.64. The van der Waals surface area contributed by atoms with Crippen molar-refractivity contribution in [2.24, 2.45) is 5.92 Å². The molecule has 1 atom stereocenters. The minimum Gasteiger partial charge on any atom is -0.295 e. The fourth-order valence-corrected chi connectivity index (χ4v) is 1.64. The van der Waals surface area contributed by atoms with Gasteiger partial charge >= 0.3 is 0 Å². The maximum absolute atomic E-state index is 11.2. The lowest BCUT2D eigenvalue weighted by atomic mass is 9.85. The van der Waals surface area contributed by atoms with E-state index < -0.39 is 0 Å². The summed E-state index contributed by atoms with van der Waals surface area (Å²) < 4.78 is 0. The first-order chi connectivity index (χ1) is 6.09. The van der Waals surface area contributed by atoms with Crippen molar-refractivity contribution in [2.75, 3.05) is 0 Å². The topological polar surface area (TPSA) is 17.1 Å². The number of carbonyl (C=O) groups is 1. The number of ketones is 1. The SMILES string of the molecule is C=C(C)CCC1=CC(=O)CCC1C. The third-order valence-electron chi connectivity index (χ3n) is 2.64. The van der Waals surface area contributed by atoms with Gasteiger partial charge in [0.1, 0.15) is 0 Å². The van der Waals surface area contributed by atoms with Crippen LogP contribution in [0.25, 0.3) is 0 Å². The average molecular weight is 178 g/mol. The van der Waals surface area contributed by atoms with Gasteiger partial charge in [-0.25, -0.2) is 0 Å². The van der Waals surface area contributed by atoms with Crippen molar-refractivity contribution in [1.29, 1.82) is 0 Å². The van der Waals surface area contributed by atoms with Crippen LogP contribution < -0.4 is 0 Å². The number of hydrogen-bond acceptors (Lipinski definition) is 1. The summed E-state index contributed by atoms with van der Waals surface area (Å²) in [6, 6.07) is 0. The second kappa shape index (κ2) is 4.40. The maximum Gasteiger partial charge on any atom is 0.155 e. The molecule has 0 N–H and O–H groups in total. The molecule has 13 heavy (non-hydrogen) atoms. The van der Waals surface area contributed by atoms with E-state index in [1.807, 2.05) is 13.0 Å². The van der Waals surface area contributed by atoms with Crippen LogP contribution in [-0.4, -0.2) is 5.78 Å². The molecule has 0 aromatic heterocycles. The highest BCUT2D eigenvalue weighted by Crippen LogP contribution is 2.26. The first-order valence-corrected chi connectivity index (χ1v) is 4.97. The molecular formula is C12H18O. The minimum absolute atomic E-state index is 0.301. The molecule has 0 aromatic rings. The van der Waals surface area contributed by atoms with E-state index in [9.17, 15) is 4.79 Å². The van der Waals surface area contributed by atoms with Crippen LogP contribution in [0, 0.1) is 5.92 Å². The lowest BCUT2D eigenvalue weighted by Crippen LogP contribution is -2.11. The third kappa shape index (κ3) is 3.17. The zero-order valence-electron chi connectivity index (χ0n) is 8.60. The van der Waals surface area contributed by atoms with E-state index in [4.69, 9.17) is 0 Å². The largest absolute Gasteiger partial charge is 0.295 e. The molecule has 0 aromatic carbocycles. The molecule has 0 heterocycles. The zero-order valence-corrected chi connectivity index (χ0v) is 8.60. The monoisotopic (exact) mass is 178 g/mol. The molecule has 1 heteroatoms. The summed E-state index contributed by atoms with van der Waals surface area (Å²) >= 11 is 0. The molecule has 0 aliphatic heterocycles. The first kappa shape index (κ1) is 10.2. The Hall–Kier alpha value is -0.850. The molecule has 0 saturated heterocycles. The third-order valence-corrected chi connectivity index (χ3v) is 2.64. The van der Waals surface area contributed by atoms with Crippen LogP contribution >= 0.6 is 0 Å². The molecule has 0 saturated carbocycles. The van der Waals surface area contributed by atoms with E-state index in [1.165, 1.54) is 11.1 Å². The van der Waals surface area contributed by atoms with Gasteiger partial charge in [-0.15, -0.1) is 6.58 Å². The maximum atomic E-state index is 11.2. The Balaban J connectivity index is 2.55. The Labute approximate surface area is 80.5 Å². The predicted molar refractivity (Wildman–Crippen MR) is 55.5 cm³/mol. The van der Waals surface area contributed by atoms with Gasteiger partial charge in [0.15, 0.2) is 5.78 Å². The van der Waals surface area contributed by atoms with Crippen molar-refractivity contribution in [3.05, 3.63) is 23.8 Å². The van der Waals surface area contributed by atoms with Gasteiger partial charge in [0, 0.05) is 6.42 Å². The number of hydrogen-bond donors (Lipinski definition) is 0. The summed E-state index contributed by atoms with van der Waals surface area (Å²) in [5.41, 5.74) is 2.52. The average Bonchev–Trinajstić information content (AvgIpc) is 2.06. The molecule has 72 valence electrons. The zero-order chi connectivity index (χ0) is 9.84. The minimum atomic E-state index is 0.301. The predicted octanol–water partition coefficient (Wildman–Crippen LogP) is 3.27. The van der Waals surface area contributed by atoms with Crippen LogP contribution in [-0.2, 0) is 4.79 Å². The van der Waals surface area contributed by atoms with Gasteiger partial charge in [-0.2, -0.15) is 0 Å². The van der Waals surface area contributed by atoms with Gasteiger partial charge in [-0.3, -0.25) is 4.79 Å². The Morgan fingerprint density at radius 2 is 2.38 bits per heavy atom. The summed E-state index contributed by atoms with van der Waals surface area (Å²) in [5.74, 6) is 0.895. The molecule has 1 aliphatic carbocycles. The van der Waals surface area contributed by atoms with Crippen molar-refractivity contribution in [1.82, 2.24) is 0 Å². The first-order valence-electron chi connectivity index (χ1n) is 4.97. The molecular weight excluding hydrogens is 160 g/mol. The number of rotatable bonds is 3. The van der Waals surface area contributed by atoms with E-state index in [-0.39, 0.29) is 0 Å². The van der Waals surface area contributed by atoms with Gasteiger partial charge in [0.05, 0.1) is 0 Å². The van der Waals surface area contributed by atoms with Crippen LogP contribution in [0.3, 0.4) is 0 Å². The Bertz CT molecular complexity index is 248. The van der Waals surface area contributed by atoms with Gasteiger partial charge in [-0.05, 0) is 38.2 Å². The van der Waals surface area contributed by atoms with Crippen LogP contribution in [0.15, 0.2) is 23.8 Å². The molecule has 0 fully saturated rings. The molecule has 0 radical (unpaired) electrons. The van der Waals surface area contributed by atoms with Crippen LogP contribution in [0.5, 0.6) is 0 Å². The summed E-state index contributed by atoms with van der Waals surface area (Å²) in [5, 5.41) is 0. The smallest absolute Gasteiger partial charge is 0.155 e. The second-order valence-electron chi connectivity index (χ2n) is 4.08. The van der Waals surface area contributed by atoms with Gasteiger partial charge in [-0.1, -0.05) is 18.1 Å². The van der Waals surface area contributed by atoms with E-state index in [1.54, 1.807) is 0 Å². The molecule has 0 spiro atoms. The highest BCUT2D eigenvalue weighted by Gasteiger charge is 2.16. The summed E-state index contributed by atoms with van der Waals surface area (Å²) in [6.45, 7) is 8.11. The van der Waals surface area contributed by atoms with Crippen molar-refractivity contribution in [2.45, 2.75) is 39.5 Å². The van der Waals surface area contributed by atoms with Crippen LogP contribution in [0.2, 0.25) is 0 Å². The molecule has 0 amide bonds. The van der Waals surface area contributed by atoms with Crippen molar-refractivity contribution >= 4 is 5.78 Å². The van der Waals surface area contributed by atoms with E-state index in [2.05, 4.69) is 13.5 Å². The highest BCUT2D eigenvalue weighted by molar-refractivity contribution is 5.91. The molecule has 1 unspecified atom stereocenters. The van der Waals surface area contributed by atoms with Crippen LogP contribution in [0.4, 0.5) is 0 Å². The van der Waals surface area contributed by atoms with Gasteiger partial charge in [0.2, 0.25) is 0 Å². The molecule has 0 bridgehead atoms. The normalized spacial score (nSPS) is 22.8. The summed E-state index contributed by atoms with van der Waals surface area (Å²) in [4.78, 5) is 11.2. The second-order valence-corrected chi connectivity index (χ2v) is 4.08. The van der Waals surface area contributed by atoms with Gasteiger partial charge < -0.3 is 0 Å². The Morgan fingerprint density at radius 1 is 1.69 bits per heavy atom. The summed E-state index contributed by atoms with van der Waals surface area (Å²) in [7, 11) is 0. The van der Waals surface area contributed by atoms with Crippen LogP contribution in [0.1, 0.15) is 39.5 Å². The number of carbonyl (C=O) groups excluding carboxylic acids is 1. The highest BCUT2D eigenvalue weighted by atomic mass is 16.1. The fraction of sp³-hybridized carbons (Fsp3) is 0.583. The quantitative estimate of drug-likeness (QED) is 0.606. The van der Waals surface area contributed by atoms with E-state index in [0.29, 0.717) is 11.7 Å². The number of allylic oxidation sites excluding steroid dienone is 3. The Morgan fingerprint density at radius 3 is 3.00 bits per heavy atom.